The van der Waals surface area contributed by atoms with Crippen molar-refractivity contribution in [3.8, 4) is 0 Å². The molecule has 13 heavy (non-hydrogen) atoms. The Kier molecular flexibility index (Phi) is 2.19. The Morgan fingerprint density at radius 2 is 2.38 bits per heavy atom. The summed E-state index contributed by atoms with van der Waals surface area (Å²) < 4.78 is 12.8. The van der Waals surface area contributed by atoms with E-state index in [9.17, 15) is 4.39 Å². The molecule has 0 aliphatic rings. The Bertz CT molecular complexity index is 424. The fraction of sp³-hybridized carbons (Fsp3) is 0.222. The summed E-state index contributed by atoms with van der Waals surface area (Å²) in [5.41, 5.74) is 1.72. The average molecular weight is 199 g/mol. The molecule has 0 unspecified atom stereocenters. The molecular formula is C9H8ClFN2. The van der Waals surface area contributed by atoms with E-state index in [1.54, 1.807) is 0 Å². The van der Waals surface area contributed by atoms with Crippen LogP contribution in [-0.4, -0.2) is 15.8 Å². The van der Waals surface area contributed by atoms with Gasteiger partial charge in [0.05, 0.1) is 6.20 Å². The number of H-pyrrole nitrogens is 1. The van der Waals surface area contributed by atoms with E-state index >= 15 is 0 Å². The van der Waals surface area contributed by atoms with Crippen LogP contribution in [0.3, 0.4) is 0 Å². The van der Waals surface area contributed by atoms with Gasteiger partial charge in [-0.3, -0.25) is 0 Å². The van der Waals surface area contributed by atoms with Crippen LogP contribution in [0.25, 0.3) is 11.0 Å². The molecule has 0 aliphatic heterocycles. The summed E-state index contributed by atoms with van der Waals surface area (Å²) in [6.45, 7) is 0. The van der Waals surface area contributed by atoms with Crippen LogP contribution >= 0.6 is 11.6 Å². The second-order valence-corrected chi connectivity index (χ2v) is 3.18. The molecular weight excluding hydrogens is 191 g/mol. The van der Waals surface area contributed by atoms with E-state index in [1.165, 1.54) is 12.3 Å². The first-order chi connectivity index (χ1) is 6.31. The summed E-state index contributed by atoms with van der Waals surface area (Å²) in [5, 5.41) is 0.820. The van der Waals surface area contributed by atoms with Crippen molar-refractivity contribution in [2.45, 2.75) is 6.42 Å². The minimum atomic E-state index is -0.317. The van der Waals surface area contributed by atoms with Gasteiger partial charge in [0.15, 0.2) is 0 Å². The fourth-order valence-corrected chi connectivity index (χ4v) is 1.54. The standard InChI is InChI=1S/C9H8ClFN2/c10-2-1-6-4-12-9-8(6)3-7(11)5-13-9/h3-5H,1-2H2,(H,12,13). The summed E-state index contributed by atoms with van der Waals surface area (Å²) >= 11 is 5.61. The van der Waals surface area contributed by atoms with Gasteiger partial charge in [-0.1, -0.05) is 0 Å². The lowest BCUT2D eigenvalue weighted by atomic mass is 10.2. The fourth-order valence-electron chi connectivity index (χ4n) is 1.34. The molecule has 0 aliphatic carbocycles. The molecule has 2 aromatic rings. The zero-order chi connectivity index (χ0) is 9.26. The molecule has 2 nitrogen and oxygen atoms in total. The molecule has 2 rings (SSSR count). The molecule has 0 aromatic carbocycles. The van der Waals surface area contributed by atoms with Gasteiger partial charge in [0.25, 0.3) is 0 Å². The molecule has 0 spiro atoms. The molecule has 0 saturated carbocycles. The first-order valence-corrected chi connectivity index (χ1v) is 4.52. The van der Waals surface area contributed by atoms with Crippen LogP contribution in [0.15, 0.2) is 18.5 Å². The van der Waals surface area contributed by atoms with E-state index < -0.39 is 0 Å². The van der Waals surface area contributed by atoms with E-state index in [0.29, 0.717) is 11.5 Å². The molecule has 0 amide bonds. The third-order valence-electron chi connectivity index (χ3n) is 1.95. The molecule has 0 fully saturated rings. The molecule has 1 N–H and O–H groups in total. The van der Waals surface area contributed by atoms with Crippen LogP contribution in [0.5, 0.6) is 0 Å². The predicted octanol–water partition coefficient (Wildman–Crippen LogP) is 2.48. The molecule has 4 heteroatoms. The van der Waals surface area contributed by atoms with Crippen molar-refractivity contribution in [2.24, 2.45) is 0 Å². The van der Waals surface area contributed by atoms with Gasteiger partial charge in [0.1, 0.15) is 11.5 Å². The Morgan fingerprint density at radius 3 is 3.15 bits per heavy atom. The van der Waals surface area contributed by atoms with Crippen LogP contribution in [-0.2, 0) is 6.42 Å². The normalized spacial score (nSPS) is 10.9. The topological polar surface area (TPSA) is 28.7 Å². The van der Waals surface area contributed by atoms with Gasteiger partial charge in [-0.25, -0.2) is 9.37 Å². The maximum Gasteiger partial charge on any atom is 0.142 e. The number of rotatable bonds is 2. The average Bonchev–Trinajstić information content (AvgIpc) is 2.49. The Morgan fingerprint density at radius 1 is 1.54 bits per heavy atom. The Labute approximate surface area is 79.7 Å². The van der Waals surface area contributed by atoms with Gasteiger partial charge in [0, 0.05) is 17.5 Å². The van der Waals surface area contributed by atoms with E-state index in [0.717, 1.165) is 17.4 Å². The lowest BCUT2D eigenvalue weighted by Gasteiger charge is -1.93. The predicted molar refractivity (Wildman–Crippen MR) is 50.5 cm³/mol. The van der Waals surface area contributed by atoms with Crippen LogP contribution < -0.4 is 0 Å². The van der Waals surface area contributed by atoms with Crippen LogP contribution in [0.4, 0.5) is 4.39 Å². The molecule has 0 radical (unpaired) electrons. The van der Waals surface area contributed by atoms with Gasteiger partial charge in [0.2, 0.25) is 0 Å². The van der Waals surface area contributed by atoms with E-state index in [2.05, 4.69) is 9.97 Å². The van der Waals surface area contributed by atoms with Crippen molar-refractivity contribution in [3.05, 3.63) is 29.8 Å². The molecule has 2 aromatic heterocycles. The number of hydrogen-bond acceptors (Lipinski definition) is 1. The summed E-state index contributed by atoms with van der Waals surface area (Å²) in [5.74, 6) is 0.214. The summed E-state index contributed by atoms with van der Waals surface area (Å²) in [6, 6.07) is 1.47. The Balaban J connectivity index is 2.58. The summed E-state index contributed by atoms with van der Waals surface area (Å²) in [6.07, 6.45) is 3.75. The van der Waals surface area contributed by atoms with Crippen molar-refractivity contribution in [1.82, 2.24) is 9.97 Å². The first kappa shape index (κ1) is 8.51. The van der Waals surface area contributed by atoms with Gasteiger partial charge >= 0.3 is 0 Å². The second kappa shape index (κ2) is 3.34. The number of halogens is 2. The number of fused-ring (bicyclic) bond motifs is 1. The molecule has 0 saturated heterocycles. The SMILES string of the molecule is Fc1cnc2[nH]cc(CCCl)c2c1. The molecule has 68 valence electrons. The van der Waals surface area contributed by atoms with Crippen molar-refractivity contribution < 1.29 is 4.39 Å². The highest BCUT2D eigenvalue weighted by atomic mass is 35.5. The maximum atomic E-state index is 12.8. The van der Waals surface area contributed by atoms with Gasteiger partial charge < -0.3 is 4.98 Å². The number of hydrogen-bond donors (Lipinski definition) is 1. The number of pyridine rings is 1. The van der Waals surface area contributed by atoms with Gasteiger partial charge in [-0.05, 0) is 18.1 Å². The zero-order valence-corrected chi connectivity index (χ0v) is 7.61. The lowest BCUT2D eigenvalue weighted by Crippen LogP contribution is -1.84. The molecule has 0 atom stereocenters. The van der Waals surface area contributed by atoms with Crippen molar-refractivity contribution in [3.63, 3.8) is 0 Å². The molecule has 0 bridgehead atoms. The van der Waals surface area contributed by atoms with E-state index in [-0.39, 0.29) is 5.82 Å². The van der Waals surface area contributed by atoms with Gasteiger partial charge in [-0.15, -0.1) is 11.6 Å². The largest absolute Gasteiger partial charge is 0.346 e. The van der Waals surface area contributed by atoms with Crippen molar-refractivity contribution in [2.75, 3.05) is 5.88 Å². The number of aryl methyl sites for hydroxylation is 1. The number of aromatic amines is 1. The highest BCUT2D eigenvalue weighted by molar-refractivity contribution is 6.18. The van der Waals surface area contributed by atoms with E-state index in [1.807, 2.05) is 6.20 Å². The van der Waals surface area contributed by atoms with Crippen LogP contribution in [0.2, 0.25) is 0 Å². The number of nitrogens with zero attached hydrogens (tertiary/aromatic N) is 1. The quantitative estimate of drug-likeness (QED) is 0.738. The maximum absolute atomic E-state index is 12.8. The van der Waals surface area contributed by atoms with Gasteiger partial charge in [-0.2, -0.15) is 0 Å². The minimum absolute atomic E-state index is 0.317. The third-order valence-corrected chi connectivity index (χ3v) is 2.14. The molecule has 2 heterocycles. The monoisotopic (exact) mass is 198 g/mol. The highest BCUT2D eigenvalue weighted by Gasteiger charge is 2.04. The smallest absolute Gasteiger partial charge is 0.142 e. The van der Waals surface area contributed by atoms with Crippen LogP contribution in [0.1, 0.15) is 5.56 Å². The highest BCUT2D eigenvalue weighted by Crippen LogP contribution is 2.17. The number of aromatic nitrogens is 2. The minimum Gasteiger partial charge on any atom is -0.346 e. The lowest BCUT2D eigenvalue weighted by molar-refractivity contribution is 0.624. The summed E-state index contributed by atoms with van der Waals surface area (Å²) in [7, 11) is 0. The second-order valence-electron chi connectivity index (χ2n) is 2.80. The summed E-state index contributed by atoms with van der Waals surface area (Å²) in [4.78, 5) is 6.87. The zero-order valence-electron chi connectivity index (χ0n) is 6.85. The van der Waals surface area contributed by atoms with Crippen molar-refractivity contribution >= 4 is 22.6 Å². The number of alkyl halides is 1. The number of nitrogens with one attached hydrogen (secondary N) is 1. The van der Waals surface area contributed by atoms with Crippen molar-refractivity contribution in [1.29, 1.82) is 0 Å². The first-order valence-electron chi connectivity index (χ1n) is 3.98. The van der Waals surface area contributed by atoms with Crippen LogP contribution in [0, 0.1) is 5.82 Å². The Hall–Kier alpha value is -1.09. The van der Waals surface area contributed by atoms with E-state index in [4.69, 9.17) is 11.6 Å². The third kappa shape index (κ3) is 1.52.